The van der Waals surface area contributed by atoms with Gasteiger partial charge in [-0.05, 0) is 12.1 Å². The van der Waals surface area contributed by atoms with Gasteiger partial charge in [-0.15, -0.1) is 12.4 Å². The van der Waals surface area contributed by atoms with Crippen LogP contribution in [0.5, 0.6) is 11.5 Å². The Morgan fingerprint density at radius 1 is 1.39 bits per heavy atom. The highest BCUT2D eigenvalue weighted by molar-refractivity contribution is 5.97. The normalized spacial score (nSPS) is 16.7. The molecule has 0 radical (unpaired) electrons. The molecule has 98 valence electrons. The molecule has 1 fully saturated rings. The first-order valence-electron chi connectivity index (χ1n) is 5.72. The van der Waals surface area contributed by atoms with Crippen molar-refractivity contribution in [3.63, 3.8) is 0 Å². The molecule has 2 N–H and O–H groups in total. The summed E-state index contributed by atoms with van der Waals surface area (Å²) in [6, 6.07) is 5.35. The molecule has 6 heteroatoms. The van der Waals surface area contributed by atoms with E-state index in [1.807, 2.05) is 0 Å². The number of nitrogens with one attached hydrogen (secondary N) is 2. The summed E-state index contributed by atoms with van der Waals surface area (Å²) in [5, 5.41) is 6.09. The van der Waals surface area contributed by atoms with Crippen LogP contribution in [0.2, 0.25) is 0 Å². The van der Waals surface area contributed by atoms with E-state index in [0.29, 0.717) is 29.5 Å². The van der Waals surface area contributed by atoms with E-state index in [4.69, 9.17) is 9.47 Å². The maximum Gasteiger partial charge on any atom is 0.255 e. The third-order valence-corrected chi connectivity index (χ3v) is 3.06. The van der Waals surface area contributed by atoms with Crippen LogP contribution in [0.15, 0.2) is 18.2 Å². The molecule has 0 spiro atoms. The second-order valence-electron chi connectivity index (χ2n) is 4.27. The monoisotopic (exact) mass is 270 g/mol. The van der Waals surface area contributed by atoms with Gasteiger partial charge in [0.1, 0.15) is 0 Å². The Balaban J connectivity index is 0.00000120. The van der Waals surface area contributed by atoms with Crippen LogP contribution in [0, 0.1) is 5.92 Å². The zero-order valence-electron chi connectivity index (χ0n) is 9.77. The molecule has 0 aromatic heterocycles. The molecule has 0 aliphatic carbocycles. The first kappa shape index (κ1) is 13.0. The summed E-state index contributed by atoms with van der Waals surface area (Å²) in [5.74, 6) is 1.65. The number of para-hydroxylation sites is 1. The van der Waals surface area contributed by atoms with Crippen molar-refractivity contribution >= 4 is 18.3 Å². The average Bonchev–Trinajstić information content (AvgIpc) is 2.74. The van der Waals surface area contributed by atoms with Crippen LogP contribution >= 0.6 is 12.4 Å². The lowest BCUT2D eigenvalue weighted by atomic mass is 10.0. The number of hydrogen-bond donors (Lipinski definition) is 2. The SMILES string of the molecule is Cl.O=C(NCC1CNC1)c1cccc2c1OCO2. The first-order chi connectivity index (χ1) is 8.34. The quantitative estimate of drug-likeness (QED) is 0.852. The third-order valence-electron chi connectivity index (χ3n) is 3.06. The Hall–Kier alpha value is -1.46. The zero-order chi connectivity index (χ0) is 11.7. The highest BCUT2D eigenvalue weighted by Gasteiger charge is 2.23. The van der Waals surface area contributed by atoms with Crippen molar-refractivity contribution in [2.45, 2.75) is 0 Å². The van der Waals surface area contributed by atoms with Gasteiger partial charge in [0.05, 0.1) is 5.56 Å². The molecule has 0 bridgehead atoms. The molecule has 3 rings (SSSR count). The number of fused-ring (bicyclic) bond motifs is 1. The Labute approximate surface area is 111 Å². The van der Waals surface area contributed by atoms with Gasteiger partial charge in [-0.25, -0.2) is 0 Å². The van der Waals surface area contributed by atoms with E-state index in [2.05, 4.69) is 10.6 Å². The van der Waals surface area contributed by atoms with E-state index in [9.17, 15) is 4.79 Å². The van der Waals surface area contributed by atoms with E-state index in [0.717, 1.165) is 13.1 Å². The van der Waals surface area contributed by atoms with Gasteiger partial charge in [0.15, 0.2) is 11.5 Å². The maximum absolute atomic E-state index is 12.0. The van der Waals surface area contributed by atoms with Gasteiger partial charge in [-0.1, -0.05) is 6.07 Å². The predicted octanol–water partition coefficient (Wildman–Crippen LogP) is 0.786. The molecule has 2 heterocycles. The summed E-state index contributed by atoms with van der Waals surface area (Å²) in [6.07, 6.45) is 0. The second-order valence-corrected chi connectivity index (χ2v) is 4.27. The van der Waals surface area contributed by atoms with Crippen LogP contribution in [0.1, 0.15) is 10.4 Å². The van der Waals surface area contributed by atoms with Gasteiger partial charge in [0.25, 0.3) is 5.91 Å². The summed E-state index contributed by atoms with van der Waals surface area (Å²) in [7, 11) is 0. The van der Waals surface area contributed by atoms with E-state index in [1.54, 1.807) is 18.2 Å². The Morgan fingerprint density at radius 2 is 2.22 bits per heavy atom. The summed E-state index contributed by atoms with van der Waals surface area (Å²) in [6.45, 7) is 2.85. The van der Waals surface area contributed by atoms with Crippen LogP contribution in [-0.2, 0) is 0 Å². The van der Waals surface area contributed by atoms with Crippen LogP contribution < -0.4 is 20.1 Å². The molecular formula is C12H15ClN2O3. The van der Waals surface area contributed by atoms with Gasteiger partial charge in [0, 0.05) is 25.6 Å². The standard InChI is InChI=1S/C12H14N2O3.ClH/c15-12(14-6-8-4-13-5-8)9-2-1-3-10-11(9)17-7-16-10;/h1-3,8,13H,4-7H2,(H,14,15);1H. The molecular weight excluding hydrogens is 256 g/mol. The van der Waals surface area contributed by atoms with Crippen molar-refractivity contribution in [1.82, 2.24) is 10.6 Å². The topological polar surface area (TPSA) is 59.6 Å². The number of hydrogen-bond acceptors (Lipinski definition) is 4. The fraction of sp³-hybridized carbons (Fsp3) is 0.417. The largest absolute Gasteiger partial charge is 0.454 e. The average molecular weight is 271 g/mol. The van der Waals surface area contributed by atoms with Crippen molar-refractivity contribution in [1.29, 1.82) is 0 Å². The smallest absolute Gasteiger partial charge is 0.255 e. The molecule has 0 atom stereocenters. The van der Waals surface area contributed by atoms with Crippen molar-refractivity contribution in [3.05, 3.63) is 23.8 Å². The lowest BCUT2D eigenvalue weighted by Gasteiger charge is -2.27. The minimum Gasteiger partial charge on any atom is -0.454 e. The van der Waals surface area contributed by atoms with Crippen molar-refractivity contribution in [2.75, 3.05) is 26.4 Å². The molecule has 0 unspecified atom stereocenters. The van der Waals surface area contributed by atoms with Crippen LogP contribution in [0.25, 0.3) is 0 Å². The predicted molar refractivity (Wildman–Crippen MR) is 68.5 cm³/mol. The minimum absolute atomic E-state index is 0. The molecule has 0 saturated carbocycles. The van der Waals surface area contributed by atoms with E-state index >= 15 is 0 Å². The fourth-order valence-electron chi connectivity index (χ4n) is 1.93. The van der Waals surface area contributed by atoms with Gasteiger partial charge >= 0.3 is 0 Å². The number of carbonyl (C=O) groups is 1. The second kappa shape index (κ2) is 5.46. The number of rotatable bonds is 3. The van der Waals surface area contributed by atoms with Crippen LogP contribution in [0.4, 0.5) is 0 Å². The van der Waals surface area contributed by atoms with Crippen LogP contribution in [-0.4, -0.2) is 32.3 Å². The van der Waals surface area contributed by atoms with Gasteiger partial charge in [-0.3, -0.25) is 4.79 Å². The van der Waals surface area contributed by atoms with Crippen molar-refractivity contribution in [3.8, 4) is 11.5 Å². The Morgan fingerprint density at radius 3 is 2.94 bits per heavy atom. The zero-order valence-corrected chi connectivity index (χ0v) is 10.6. The lowest BCUT2D eigenvalue weighted by molar-refractivity contribution is 0.0937. The van der Waals surface area contributed by atoms with Crippen molar-refractivity contribution in [2.24, 2.45) is 5.92 Å². The summed E-state index contributed by atoms with van der Waals surface area (Å²) in [5.41, 5.74) is 0.548. The number of benzene rings is 1. The molecule has 1 aromatic carbocycles. The van der Waals surface area contributed by atoms with E-state index < -0.39 is 0 Å². The fourth-order valence-corrected chi connectivity index (χ4v) is 1.93. The number of amides is 1. The van der Waals surface area contributed by atoms with Crippen molar-refractivity contribution < 1.29 is 14.3 Å². The van der Waals surface area contributed by atoms with Gasteiger partial charge in [-0.2, -0.15) is 0 Å². The Bertz CT molecular complexity index is 449. The summed E-state index contributed by atoms with van der Waals surface area (Å²) < 4.78 is 10.5. The van der Waals surface area contributed by atoms with Gasteiger partial charge in [0.2, 0.25) is 6.79 Å². The molecule has 1 amide bonds. The molecule has 1 aromatic rings. The molecule has 1 saturated heterocycles. The molecule has 2 aliphatic heterocycles. The highest BCUT2D eigenvalue weighted by atomic mass is 35.5. The van der Waals surface area contributed by atoms with E-state index in [-0.39, 0.29) is 25.1 Å². The molecule has 5 nitrogen and oxygen atoms in total. The number of halogens is 1. The highest BCUT2D eigenvalue weighted by Crippen LogP contribution is 2.35. The number of carbonyl (C=O) groups excluding carboxylic acids is 1. The summed E-state index contributed by atoms with van der Waals surface area (Å²) >= 11 is 0. The van der Waals surface area contributed by atoms with Crippen LogP contribution in [0.3, 0.4) is 0 Å². The molecule has 18 heavy (non-hydrogen) atoms. The maximum atomic E-state index is 12.0. The first-order valence-corrected chi connectivity index (χ1v) is 5.72. The minimum atomic E-state index is -0.0979. The Kier molecular flexibility index (Phi) is 3.93. The number of ether oxygens (including phenoxy) is 2. The van der Waals surface area contributed by atoms with E-state index in [1.165, 1.54) is 0 Å². The third kappa shape index (κ3) is 2.37. The summed E-state index contributed by atoms with van der Waals surface area (Å²) in [4.78, 5) is 12.0. The molecule has 2 aliphatic rings. The van der Waals surface area contributed by atoms with Gasteiger partial charge < -0.3 is 20.1 Å². The lowest BCUT2D eigenvalue weighted by Crippen LogP contribution is -2.48.